The number of likely N-dealkylation sites (tertiary alicyclic amines) is 1. The van der Waals surface area contributed by atoms with Crippen LogP contribution in [0.2, 0.25) is 0 Å². The van der Waals surface area contributed by atoms with Gasteiger partial charge >= 0.3 is 0 Å². The summed E-state index contributed by atoms with van der Waals surface area (Å²) < 4.78 is 0. The van der Waals surface area contributed by atoms with E-state index in [1.54, 1.807) is 30.3 Å². The molecule has 0 radical (unpaired) electrons. The molecule has 0 saturated carbocycles. The van der Waals surface area contributed by atoms with Crippen LogP contribution in [0.15, 0.2) is 36.4 Å². The van der Waals surface area contributed by atoms with Crippen molar-refractivity contribution >= 4 is 28.5 Å². The molecule has 3 rings (SSSR count). The van der Waals surface area contributed by atoms with E-state index in [-0.39, 0.29) is 50.3 Å². The lowest BCUT2D eigenvalue weighted by Gasteiger charge is -2.29. The summed E-state index contributed by atoms with van der Waals surface area (Å²) in [6.07, 6.45) is -1.24. The normalized spacial score (nSPS) is 17.2. The Hall–Kier alpha value is -4.05. The lowest BCUT2D eigenvalue weighted by atomic mass is 10.0. The minimum absolute atomic E-state index is 0.0327. The van der Waals surface area contributed by atoms with Crippen molar-refractivity contribution in [2.24, 2.45) is 5.73 Å². The van der Waals surface area contributed by atoms with Crippen molar-refractivity contribution < 1.29 is 34.7 Å². The molecule has 2 aromatic rings. The van der Waals surface area contributed by atoms with E-state index >= 15 is 0 Å². The minimum atomic E-state index is -1.27. The summed E-state index contributed by atoms with van der Waals surface area (Å²) in [7, 11) is 0. The number of nitro groups is 1. The molecule has 1 fully saturated rings. The van der Waals surface area contributed by atoms with Crippen LogP contribution in [0.4, 0.5) is 0 Å². The van der Waals surface area contributed by atoms with E-state index in [1.165, 1.54) is 11.0 Å². The van der Waals surface area contributed by atoms with Crippen molar-refractivity contribution in [2.75, 3.05) is 19.7 Å². The Bertz CT molecular complexity index is 1210. The molecule has 3 amide bonds. The van der Waals surface area contributed by atoms with Crippen LogP contribution in [0.25, 0.3) is 10.8 Å². The average Bonchev–Trinajstić information content (AvgIpc) is 3.40. The molecule has 4 unspecified atom stereocenters. The molecule has 0 aliphatic carbocycles. The Morgan fingerprint density at radius 1 is 1.15 bits per heavy atom. The van der Waals surface area contributed by atoms with Gasteiger partial charge in [0.25, 0.3) is 5.91 Å². The van der Waals surface area contributed by atoms with Crippen LogP contribution in [-0.4, -0.2) is 87.3 Å². The fourth-order valence-corrected chi connectivity index (χ4v) is 4.61. The zero-order valence-electron chi connectivity index (χ0n) is 21.8. The van der Waals surface area contributed by atoms with Gasteiger partial charge in [0.2, 0.25) is 11.8 Å². The monoisotopic (exact) mass is 561 g/mol. The van der Waals surface area contributed by atoms with Crippen LogP contribution in [-0.2, 0) is 9.59 Å². The fraction of sp³-hybridized carbons (Fsp3) is 0.480. The Labute approximate surface area is 229 Å². The number of hydrogen-bond acceptors (Lipinski definition) is 10. The van der Waals surface area contributed by atoms with E-state index < -0.39 is 47.4 Å². The summed E-state index contributed by atoms with van der Waals surface area (Å²) in [4.78, 5) is 51.5. The fourth-order valence-electron chi connectivity index (χ4n) is 4.61. The number of rotatable bonds is 14. The number of nitrogens with one attached hydrogen (secondary N) is 4. The number of phenolic OH excluding ortho intramolecular Hbond substituents is 1. The van der Waals surface area contributed by atoms with Crippen molar-refractivity contribution in [1.29, 1.82) is 0 Å². The van der Waals surface area contributed by atoms with Crippen LogP contribution in [0, 0.1) is 10.1 Å². The Balaban J connectivity index is 1.76. The largest absolute Gasteiger partial charge is 0.506 e. The van der Waals surface area contributed by atoms with Crippen LogP contribution in [0.1, 0.15) is 42.5 Å². The van der Waals surface area contributed by atoms with E-state index in [4.69, 9.17) is 10.8 Å². The van der Waals surface area contributed by atoms with E-state index in [1.807, 2.05) is 5.43 Å². The molecule has 1 heterocycles. The van der Waals surface area contributed by atoms with Crippen molar-refractivity contribution in [3.8, 4) is 5.75 Å². The van der Waals surface area contributed by atoms with Gasteiger partial charge in [-0.1, -0.05) is 30.3 Å². The molecule has 1 aliphatic rings. The predicted octanol–water partition coefficient (Wildman–Crippen LogP) is -1.15. The second kappa shape index (κ2) is 14.4. The highest BCUT2D eigenvalue weighted by molar-refractivity contribution is 6.05. The number of benzene rings is 2. The van der Waals surface area contributed by atoms with E-state index in [2.05, 4.69) is 16.0 Å². The minimum Gasteiger partial charge on any atom is -0.506 e. The molecule has 0 spiro atoms. The number of carbonyl (C=O) groups excluding carboxylic acids is 3. The van der Waals surface area contributed by atoms with Gasteiger partial charge in [0.1, 0.15) is 24.1 Å². The number of carbonyl (C=O) groups is 3. The number of aliphatic hydroxyl groups excluding tert-OH is 2. The third-order valence-electron chi connectivity index (χ3n) is 6.58. The Morgan fingerprint density at radius 2 is 1.90 bits per heavy atom. The summed E-state index contributed by atoms with van der Waals surface area (Å²) in [5, 5.41) is 48.2. The second-order valence-electron chi connectivity index (χ2n) is 9.40. The standard InChI is InChI=1S/C25H35N7O8/c26-25(30-32(39)40)27-12-3-7-18(24(38)31-13-4-8-19(31)23(37)29-20(34)11-14-33)28-22(36)17-10-9-15-5-1-2-6-16(15)21(17)35/h1-2,5-6,9-10,18-20,25,27,30,33-35H,3-4,7-8,11-14,26H2,(H,28,36)(H,29,37). The van der Waals surface area contributed by atoms with Crippen molar-refractivity contribution in [1.82, 2.24) is 26.3 Å². The highest BCUT2D eigenvalue weighted by atomic mass is 16.7. The van der Waals surface area contributed by atoms with Gasteiger partial charge < -0.3 is 30.9 Å². The maximum atomic E-state index is 13.6. The summed E-state index contributed by atoms with van der Waals surface area (Å²) in [5.41, 5.74) is 7.38. The molecule has 1 saturated heterocycles. The van der Waals surface area contributed by atoms with Gasteiger partial charge in [-0.05, 0) is 43.7 Å². The molecule has 15 heteroatoms. The Morgan fingerprint density at radius 3 is 2.62 bits per heavy atom. The van der Waals surface area contributed by atoms with Gasteiger partial charge in [0, 0.05) is 25.0 Å². The first-order valence-corrected chi connectivity index (χ1v) is 12.9. The van der Waals surface area contributed by atoms with E-state index in [0.717, 1.165) is 5.39 Å². The van der Waals surface area contributed by atoms with Gasteiger partial charge in [-0.25, -0.2) is 10.1 Å². The zero-order valence-corrected chi connectivity index (χ0v) is 21.8. The van der Waals surface area contributed by atoms with Crippen LogP contribution < -0.4 is 27.1 Å². The van der Waals surface area contributed by atoms with Crippen LogP contribution >= 0.6 is 0 Å². The highest BCUT2D eigenvalue weighted by Gasteiger charge is 2.38. The first-order valence-electron chi connectivity index (χ1n) is 12.9. The van der Waals surface area contributed by atoms with Crippen molar-refractivity contribution in [2.45, 2.75) is 56.7 Å². The number of nitrogens with zero attached hydrogens (tertiary/aromatic N) is 2. The number of aromatic hydroxyl groups is 1. The molecule has 9 N–H and O–H groups in total. The van der Waals surface area contributed by atoms with Crippen molar-refractivity contribution in [3.05, 3.63) is 52.1 Å². The molecule has 0 aromatic heterocycles. The molecule has 40 heavy (non-hydrogen) atoms. The van der Waals surface area contributed by atoms with Gasteiger partial charge in [-0.15, -0.1) is 5.43 Å². The van der Waals surface area contributed by atoms with E-state index in [0.29, 0.717) is 18.2 Å². The lowest BCUT2D eigenvalue weighted by molar-refractivity contribution is -0.552. The van der Waals surface area contributed by atoms with Gasteiger partial charge in [0.15, 0.2) is 11.3 Å². The molecule has 15 nitrogen and oxygen atoms in total. The first kappa shape index (κ1) is 30.5. The third kappa shape index (κ3) is 7.98. The zero-order chi connectivity index (χ0) is 29.2. The summed E-state index contributed by atoms with van der Waals surface area (Å²) in [6, 6.07) is 8.10. The average molecular weight is 562 g/mol. The molecule has 2 aromatic carbocycles. The second-order valence-corrected chi connectivity index (χ2v) is 9.40. The summed E-state index contributed by atoms with van der Waals surface area (Å²) >= 11 is 0. The van der Waals surface area contributed by atoms with Crippen LogP contribution in [0.5, 0.6) is 5.75 Å². The van der Waals surface area contributed by atoms with Crippen molar-refractivity contribution in [3.63, 3.8) is 0 Å². The molecule has 4 atom stereocenters. The maximum Gasteiger partial charge on any atom is 0.255 e. The first-order chi connectivity index (χ1) is 19.1. The number of hydrogen-bond donors (Lipinski definition) is 8. The third-order valence-corrected chi connectivity index (χ3v) is 6.58. The quantitative estimate of drug-likeness (QED) is 0.0593. The molecular formula is C25H35N7O8. The topological polar surface area (TPSA) is 232 Å². The molecule has 218 valence electrons. The van der Waals surface area contributed by atoms with Crippen LogP contribution in [0.3, 0.4) is 0 Å². The number of amides is 3. The summed E-state index contributed by atoms with van der Waals surface area (Å²) in [5.74, 6) is -2.05. The molecule has 1 aliphatic heterocycles. The molecular weight excluding hydrogens is 526 g/mol. The number of aliphatic hydroxyl groups is 2. The maximum absolute atomic E-state index is 13.6. The molecule has 0 bridgehead atoms. The number of hydrazine groups is 1. The summed E-state index contributed by atoms with van der Waals surface area (Å²) in [6.45, 7) is 0.0794. The smallest absolute Gasteiger partial charge is 0.255 e. The van der Waals surface area contributed by atoms with Gasteiger partial charge in [0.05, 0.1) is 5.56 Å². The Kier molecular flexibility index (Phi) is 11.0. The number of fused-ring (bicyclic) bond motifs is 1. The number of nitrogens with two attached hydrogens (primary N) is 1. The predicted molar refractivity (Wildman–Crippen MR) is 143 cm³/mol. The highest BCUT2D eigenvalue weighted by Crippen LogP contribution is 2.29. The SMILES string of the molecule is NC(NCCCC(NC(=O)c1ccc2ccccc2c1O)C(=O)N1CCCC1C(=O)NC(O)CCO)N[N+](=O)[O-]. The lowest BCUT2D eigenvalue weighted by Crippen LogP contribution is -2.55. The van der Waals surface area contributed by atoms with Gasteiger partial charge in [-0.3, -0.25) is 25.4 Å². The van der Waals surface area contributed by atoms with E-state index in [9.17, 15) is 34.7 Å². The van der Waals surface area contributed by atoms with Gasteiger partial charge in [-0.2, -0.15) is 0 Å². The number of phenols is 1.